The lowest BCUT2D eigenvalue weighted by molar-refractivity contribution is -0.120. The molecule has 5 nitrogen and oxygen atoms in total. The first-order valence-electron chi connectivity index (χ1n) is 9.61. The van der Waals surface area contributed by atoms with E-state index < -0.39 is 0 Å². The van der Waals surface area contributed by atoms with Gasteiger partial charge in [0.25, 0.3) is 0 Å². The molecule has 3 aromatic rings. The van der Waals surface area contributed by atoms with E-state index in [4.69, 9.17) is 9.72 Å². The van der Waals surface area contributed by atoms with E-state index in [0.717, 1.165) is 63.8 Å². The number of nitrogens with zero attached hydrogens (tertiary/aromatic N) is 2. The van der Waals surface area contributed by atoms with Crippen molar-refractivity contribution in [3.05, 3.63) is 47.5 Å². The lowest BCUT2D eigenvalue weighted by Crippen LogP contribution is -2.38. The molecular weight excluding hydrogens is 370 g/mol. The number of fused-ring (bicyclic) bond motifs is 1. The molecule has 1 aliphatic heterocycles. The van der Waals surface area contributed by atoms with E-state index in [9.17, 15) is 4.79 Å². The molecule has 0 unspecified atom stereocenters. The molecule has 0 atom stereocenters. The molecule has 28 heavy (non-hydrogen) atoms. The molecular formula is C22H25N3O2S. The van der Waals surface area contributed by atoms with Crippen molar-refractivity contribution in [2.75, 3.05) is 30.4 Å². The minimum atomic E-state index is 0.0469. The summed E-state index contributed by atoms with van der Waals surface area (Å²) in [6.45, 7) is 5.77. The highest BCUT2D eigenvalue weighted by atomic mass is 32.1. The Bertz CT molecular complexity index is 1010. The number of thiazole rings is 1. The first-order valence-corrected chi connectivity index (χ1v) is 10.4. The third kappa shape index (κ3) is 3.83. The zero-order chi connectivity index (χ0) is 19.7. The molecule has 0 bridgehead atoms. The highest BCUT2D eigenvalue weighted by Crippen LogP contribution is 2.33. The molecule has 0 aliphatic carbocycles. The minimum absolute atomic E-state index is 0.0469. The summed E-state index contributed by atoms with van der Waals surface area (Å²) in [5, 5.41) is 4.15. The number of rotatable bonds is 4. The van der Waals surface area contributed by atoms with Gasteiger partial charge in [0, 0.05) is 24.7 Å². The van der Waals surface area contributed by atoms with E-state index in [2.05, 4.69) is 22.3 Å². The molecule has 1 aliphatic rings. The van der Waals surface area contributed by atoms with E-state index >= 15 is 0 Å². The maximum absolute atomic E-state index is 12.7. The van der Waals surface area contributed by atoms with Crippen molar-refractivity contribution in [1.82, 2.24) is 4.98 Å². The summed E-state index contributed by atoms with van der Waals surface area (Å²) in [5.74, 6) is 1.03. The van der Waals surface area contributed by atoms with Crippen LogP contribution in [0.3, 0.4) is 0 Å². The summed E-state index contributed by atoms with van der Waals surface area (Å²) in [6.07, 6.45) is 1.69. The van der Waals surface area contributed by atoms with Crippen molar-refractivity contribution >= 4 is 38.3 Å². The summed E-state index contributed by atoms with van der Waals surface area (Å²) >= 11 is 1.68. The van der Waals surface area contributed by atoms with Gasteiger partial charge in [-0.2, -0.15) is 0 Å². The van der Waals surface area contributed by atoms with Gasteiger partial charge in [-0.3, -0.25) is 4.79 Å². The molecule has 1 fully saturated rings. The summed E-state index contributed by atoms with van der Waals surface area (Å²) in [7, 11) is 1.68. The summed E-state index contributed by atoms with van der Waals surface area (Å²) in [5.41, 5.74) is 4.17. The SMILES string of the molecule is COc1ccc2nc(N3CCC(C(=O)Nc4cc(C)ccc4C)CC3)sc2c1. The van der Waals surface area contributed by atoms with Gasteiger partial charge >= 0.3 is 0 Å². The lowest BCUT2D eigenvalue weighted by Gasteiger charge is -2.31. The fraction of sp³-hybridized carbons (Fsp3) is 0.364. The summed E-state index contributed by atoms with van der Waals surface area (Å²) in [4.78, 5) is 19.8. The number of hydrogen-bond donors (Lipinski definition) is 1. The molecule has 146 valence electrons. The van der Waals surface area contributed by atoms with Crippen LogP contribution in [-0.2, 0) is 4.79 Å². The van der Waals surface area contributed by atoms with Gasteiger partial charge in [0.05, 0.1) is 17.3 Å². The van der Waals surface area contributed by atoms with Crippen LogP contribution in [0, 0.1) is 19.8 Å². The second-order valence-corrected chi connectivity index (χ2v) is 8.41. The quantitative estimate of drug-likeness (QED) is 0.691. The fourth-order valence-electron chi connectivity index (χ4n) is 3.59. The Morgan fingerprint density at radius 1 is 1.18 bits per heavy atom. The third-order valence-electron chi connectivity index (χ3n) is 5.37. The van der Waals surface area contributed by atoms with E-state index in [0.29, 0.717) is 0 Å². The van der Waals surface area contributed by atoms with Crippen LogP contribution in [-0.4, -0.2) is 31.1 Å². The van der Waals surface area contributed by atoms with Gasteiger partial charge in [-0.1, -0.05) is 23.5 Å². The second kappa shape index (κ2) is 7.80. The lowest BCUT2D eigenvalue weighted by atomic mass is 9.96. The van der Waals surface area contributed by atoms with Crippen LogP contribution in [0.5, 0.6) is 5.75 Å². The summed E-state index contributed by atoms with van der Waals surface area (Å²) in [6, 6.07) is 12.1. The minimum Gasteiger partial charge on any atom is -0.497 e. The number of aromatic nitrogens is 1. The predicted molar refractivity (Wildman–Crippen MR) is 116 cm³/mol. The van der Waals surface area contributed by atoms with Crippen LogP contribution in [0.4, 0.5) is 10.8 Å². The second-order valence-electron chi connectivity index (χ2n) is 7.40. The molecule has 1 N–H and O–H groups in total. The van der Waals surface area contributed by atoms with Gasteiger partial charge in [-0.05, 0) is 62.1 Å². The molecule has 1 saturated heterocycles. The normalized spacial score (nSPS) is 15.0. The zero-order valence-corrected chi connectivity index (χ0v) is 17.3. The smallest absolute Gasteiger partial charge is 0.227 e. The maximum atomic E-state index is 12.7. The van der Waals surface area contributed by atoms with Gasteiger partial charge in [0.2, 0.25) is 5.91 Å². The number of carbonyl (C=O) groups is 1. The molecule has 1 aromatic heterocycles. The van der Waals surface area contributed by atoms with Gasteiger partial charge in [-0.25, -0.2) is 4.98 Å². The van der Waals surface area contributed by atoms with Crippen molar-refractivity contribution < 1.29 is 9.53 Å². The molecule has 4 rings (SSSR count). The summed E-state index contributed by atoms with van der Waals surface area (Å²) < 4.78 is 6.43. The molecule has 1 amide bonds. The first-order chi connectivity index (χ1) is 13.5. The van der Waals surface area contributed by atoms with E-state index in [1.807, 2.05) is 38.1 Å². The Kier molecular flexibility index (Phi) is 5.22. The molecule has 2 aromatic carbocycles. The topological polar surface area (TPSA) is 54.5 Å². The van der Waals surface area contributed by atoms with Crippen molar-refractivity contribution in [2.45, 2.75) is 26.7 Å². The Balaban J connectivity index is 1.40. The molecule has 2 heterocycles. The number of benzene rings is 2. The highest BCUT2D eigenvalue weighted by Gasteiger charge is 2.26. The number of carbonyl (C=O) groups excluding carboxylic acids is 1. The largest absolute Gasteiger partial charge is 0.497 e. The molecule has 0 saturated carbocycles. The molecule has 0 spiro atoms. The number of nitrogens with one attached hydrogen (secondary N) is 1. The average Bonchev–Trinajstić information content (AvgIpc) is 3.14. The third-order valence-corrected chi connectivity index (χ3v) is 6.45. The van der Waals surface area contributed by atoms with Crippen molar-refractivity contribution in [3.8, 4) is 5.75 Å². The Morgan fingerprint density at radius 2 is 1.96 bits per heavy atom. The Labute approximate surface area is 169 Å². The highest BCUT2D eigenvalue weighted by molar-refractivity contribution is 7.22. The molecule has 6 heteroatoms. The number of amides is 1. The number of hydrogen-bond acceptors (Lipinski definition) is 5. The Hall–Kier alpha value is -2.60. The van der Waals surface area contributed by atoms with E-state index in [1.54, 1.807) is 18.4 Å². The monoisotopic (exact) mass is 395 g/mol. The van der Waals surface area contributed by atoms with Crippen LogP contribution in [0.15, 0.2) is 36.4 Å². The fourth-order valence-corrected chi connectivity index (χ4v) is 4.64. The number of methoxy groups -OCH3 is 1. The zero-order valence-electron chi connectivity index (χ0n) is 16.5. The molecule has 0 radical (unpaired) electrons. The van der Waals surface area contributed by atoms with Gasteiger partial charge < -0.3 is 15.0 Å². The number of anilines is 2. The van der Waals surface area contributed by atoms with E-state index in [1.165, 1.54) is 0 Å². The predicted octanol–water partition coefficient (Wildman–Crippen LogP) is 4.78. The standard InChI is InChI=1S/C22H25N3O2S/c1-14-4-5-15(2)19(12-14)23-21(26)16-8-10-25(11-9-16)22-24-18-7-6-17(27-3)13-20(18)28-22/h4-7,12-13,16H,8-11H2,1-3H3,(H,23,26). The van der Waals surface area contributed by atoms with Crippen molar-refractivity contribution in [1.29, 1.82) is 0 Å². The van der Waals surface area contributed by atoms with Gasteiger partial charge in [0.1, 0.15) is 5.75 Å². The van der Waals surface area contributed by atoms with Gasteiger partial charge in [0.15, 0.2) is 5.13 Å². The average molecular weight is 396 g/mol. The van der Waals surface area contributed by atoms with Crippen LogP contribution in [0.1, 0.15) is 24.0 Å². The number of piperidine rings is 1. The van der Waals surface area contributed by atoms with E-state index in [-0.39, 0.29) is 11.8 Å². The maximum Gasteiger partial charge on any atom is 0.227 e. The first kappa shape index (κ1) is 18.7. The number of aryl methyl sites for hydroxylation is 2. The van der Waals surface area contributed by atoms with Crippen LogP contribution < -0.4 is 15.0 Å². The van der Waals surface area contributed by atoms with Crippen molar-refractivity contribution in [2.24, 2.45) is 5.92 Å². The van der Waals surface area contributed by atoms with Crippen LogP contribution in [0.2, 0.25) is 0 Å². The van der Waals surface area contributed by atoms with Crippen LogP contribution in [0.25, 0.3) is 10.2 Å². The van der Waals surface area contributed by atoms with Crippen molar-refractivity contribution in [3.63, 3.8) is 0 Å². The number of ether oxygens (including phenoxy) is 1. The Morgan fingerprint density at radius 3 is 2.71 bits per heavy atom. The van der Waals surface area contributed by atoms with Gasteiger partial charge in [-0.15, -0.1) is 0 Å². The van der Waals surface area contributed by atoms with Crippen LogP contribution >= 0.6 is 11.3 Å².